The van der Waals surface area contributed by atoms with Crippen LogP contribution in [0.1, 0.15) is 348 Å². The minimum atomic E-state index is -4.64. The maximum Gasteiger partial charge on any atom is 0.306 e. The maximum absolute atomic E-state index is 12.9. The highest BCUT2D eigenvalue weighted by Gasteiger charge is 2.22. The molecular weight excluding hydrogens is 1090 g/mol. The number of hydrogen-bond donors (Lipinski definition) is 0. The average Bonchev–Trinajstić information content (AvgIpc) is 3.67. The zero-order valence-corrected chi connectivity index (χ0v) is 58.2. The molecular formula is C76H140NO8P. The van der Waals surface area contributed by atoms with Crippen molar-refractivity contribution in [2.24, 2.45) is 0 Å². The van der Waals surface area contributed by atoms with E-state index in [4.69, 9.17) is 18.5 Å². The van der Waals surface area contributed by atoms with Gasteiger partial charge in [0.05, 0.1) is 27.7 Å². The Morgan fingerprint density at radius 3 is 0.988 bits per heavy atom. The minimum absolute atomic E-state index is 0.0294. The summed E-state index contributed by atoms with van der Waals surface area (Å²) in [6, 6.07) is 0. The molecule has 0 fully saturated rings. The van der Waals surface area contributed by atoms with Crippen LogP contribution >= 0.6 is 7.82 Å². The molecule has 0 aromatic rings. The minimum Gasteiger partial charge on any atom is -0.756 e. The summed E-state index contributed by atoms with van der Waals surface area (Å²) in [4.78, 5) is 38.1. The molecule has 502 valence electrons. The number of likely N-dealkylation sites (N-methyl/N-ethyl adjacent to an activating group) is 1. The van der Waals surface area contributed by atoms with Gasteiger partial charge in [0.25, 0.3) is 7.82 Å². The third-order valence-corrected chi connectivity index (χ3v) is 17.2. The lowest BCUT2D eigenvalue weighted by molar-refractivity contribution is -0.870. The second-order valence-electron chi connectivity index (χ2n) is 25.9. The maximum atomic E-state index is 12.9. The number of unbranched alkanes of at least 4 members (excludes halogenated alkanes) is 42. The van der Waals surface area contributed by atoms with E-state index in [0.29, 0.717) is 17.4 Å². The molecule has 0 aromatic heterocycles. The number of quaternary nitrogens is 1. The Bertz CT molecular complexity index is 1680. The fourth-order valence-corrected chi connectivity index (χ4v) is 11.4. The van der Waals surface area contributed by atoms with Crippen molar-refractivity contribution >= 4 is 19.8 Å². The summed E-state index contributed by atoms with van der Waals surface area (Å²) in [5, 5.41) is 0. The zero-order chi connectivity index (χ0) is 62.6. The van der Waals surface area contributed by atoms with Crippen molar-refractivity contribution < 1.29 is 42.1 Å². The lowest BCUT2D eigenvalue weighted by Crippen LogP contribution is -2.37. The Hall–Kier alpha value is -2.55. The van der Waals surface area contributed by atoms with Gasteiger partial charge in [-0.25, -0.2) is 0 Å². The number of esters is 2. The van der Waals surface area contributed by atoms with Crippen molar-refractivity contribution in [3.05, 3.63) is 72.9 Å². The second kappa shape index (κ2) is 66.9. The molecule has 0 aliphatic heterocycles. The predicted octanol–water partition coefficient (Wildman–Crippen LogP) is 23.3. The summed E-state index contributed by atoms with van der Waals surface area (Å²) in [5.74, 6) is -0.814. The number of ether oxygens (including phenoxy) is 2. The van der Waals surface area contributed by atoms with Gasteiger partial charge in [-0.2, -0.15) is 0 Å². The lowest BCUT2D eigenvalue weighted by atomic mass is 10.0. The van der Waals surface area contributed by atoms with Gasteiger partial charge >= 0.3 is 11.9 Å². The fraction of sp³-hybridized carbons (Fsp3) is 0.816. The van der Waals surface area contributed by atoms with Gasteiger partial charge in [-0.15, -0.1) is 0 Å². The number of hydrogen-bond acceptors (Lipinski definition) is 8. The molecule has 0 heterocycles. The van der Waals surface area contributed by atoms with Gasteiger partial charge < -0.3 is 27.9 Å². The number of phosphoric ester groups is 1. The summed E-state index contributed by atoms with van der Waals surface area (Å²) < 4.78 is 34.4. The standard InChI is InChI=1S/C76H140NO8P/c1-6-8-10-12-14-16-18-20-22-24-26-28-30-32-33-34-35-36-37-38-39-40-41-42-43-45-47-49-51-53-55-57-59-61-63-65-67-69-76(79)85-74(73-84-86(80,81)83-71-70-77(3,4)5)72-82-75(78)68-66-64-62-60-58-56-54-52-50-48-46-44-31-29-27-25-23-21-19-17-15-13-11-9-7-2/h8,10,14,16,20,22,26,28,32-33,35-36,74H,6-7,9,11-13,15,17-19,21,23-25,27,29-31,34,37-73H2,1-5H3/b10-8-,16-14-,22-20-,28-26-,33-32-,36-35-. The predicted molar refractivity (Wildman–Crippen MR) is 370 cm³/mol. The van der Waals surface area contributed by atoms with Crippen LogP contribution in [0.3, 0.4) is 0 Å². The van der Waals surface area contributed by atoms with E-state index in [1.165, 1.54) is 238 Å². The van der Waals surface area contributed by atoms with Crippen LogP contribution in [0.15, 0.2) is 72.9 Å². The molecule has 0 amide bonds. The molecule has 0 saturated heterocycles. The van der Waals surface area contributed by atoms with Crippen LogP contribution in [-0.4, -0.2) is 70.0 Å². The highest BCUT2D eigenvalue weighted by Crippen LogP contribution is 2.38. The number of rotatable bonds is 68. The number of allylic oxidation sites excluding steroid dienone is 12. The normalized spacial score (nSPS) is 13.5. The highest BCUT2D eigenvalue weighted by molar-refractivity contribution is 7.45. The lowest BCUT2D eigenvalue weighted by Gasteiger charge is -2.28. The monoisotopic (exact) mass is 1230 g/mol. The Labute approximate surface area is 533 Å². The first kappa shape index (κ1) is 83.5. The van der Waals surface area contributed by atoms with Crippen molar-refractivity contribution in [1.82, 2.24) is 0 Å². The van der Waals surface area contributed by atoms with Gasteiger partial charge in [0, 0.05) is 12.8 Å². The highest BCUT2D eigenvalue weighted by atomic mass is 31.2. The van der Waals surface area contributed by atoms with E-state index in [1.54, 1.807) is 0 Å². The fourth-order valence-electron chi connectivity index (χ4n) is 10.7. The van der Waals surface area contributed by atoms with E-state index in [0.717, 1.165) is 77.0 Å². The summed E-state index contributed by atoms with van der Waals surface area (Å²) in [6.07, 6.45) is 90.0. The molecule has 0 saturated carbocycles. The third kappa shape index (κ3) is 70.5. The number of carbonyl (C=O) groups is 2. The molecule has 0 radical (unpaired) electrons. The molecule has 2 unspecified atom stereocenters. The topological polar surface area (TPSA) is 111 Å². The summed E-state index contributed by atoms with van der Waals surface area (Å²) in [6.45, 7) is 4.19. The van der Waals surface area contributed by atoms with Crippen LogP contribution in [0, 0.1) is 0 Å². The Balaban J connectivity index is 3.97. The number of nitrogens with zero attached hydrogens (tertiary/aromatic N) is 1. The smallest absolute Gasteiger partial charge is 0.306 e. The third-order valence-electron chi connectivity index (χ3n) is 16.2. The van der Waals surface area contributed by atoms with Crippen molar-refractivity contribution in [2.45, 2.75) is 354 Å². The van der Waals surface area contributed by atoms with E-state index in [1.807, 2.05) is 21.1 Å². The van der Waals surface area contributed by atoms with E-state index in [9.17, 15) is 19.0 Å². The summed E-state index contributed by atoms with van der Waals surface area (Å²) in [7, 11) is 1.18. The molecule has 86 heavy (non-hydrogen) atoms. The largest absolute Gasteiger partial charge is 0.756 e. The summed E-state index contributed by atoms with van der Waals surface area (Å²) >= 11 is 0. The van der Waals surface area contributed by atoms with Crippen molar-refractivity contribution in [3.63, 3.8) is 0 Å². The first-order valence-corrected chi connectivity index (χ1v) is 38.1. The second-order valence-corrected chi connectivity index (χ2v) is 27.3. The van der Waals surface area contributed by atoms with E-state index < -0.39 is 26.5 Å². The van der Waals surface area contributed by atoms with Crippen molar-refractivity contribution in [1.29, 1.82) is 0 Å². The van der Waals surface area contributed by atoms with Crippen LogP contribution in [0.2, 0.25) is 0 Å². The van der Waals surface area contributed by atoms with Crippen LogP contribution in [0.5, 0.6) is 0 Å². The van der Waals surface area contributed by atoms with Crippen LogP contribution < -0.4 is 4.89 Å². The van der Waals surface area contributed by atoms with Crippen LogP contribution in [0.25, 0.3) is 0 Å². The molecule has 0 N–H and O–H groups in total. The number of carbonyl (C=O) groups excluding carboxylic acids is 2. The molecule has 0 aliphatic rings. The molecule has 0 spiro atoms. The quantitative estimate of drug-likeness (QED) is 0.0195. The Kier molecular flexibility index (Phi) is 64.9. The zero-order valence-electron chi connectivity index (χ0n) is 57.3. The molecule has 0 aromatic carbocycles. The molecule has 9 nitrogen and oxygen atoms in total. The summed E-state index contributed by atoms with van der Waals surface area (Å²) in [5.41, 5.74) is 0. The first-order valence-electron chi connectivity index (χ1n) is 36.6. The van der Waals surface area contributed by atoms with E-state index >= 15 is 0 Å². The molecule has 10 heteroatoms. The Morgan fingerprint density at radius 1 is 0.372 bits per heavy atom. The van der Waals surface area contributed by atoms with Crippen LogP contribution in [0.4, 0.5) is 0 Å². The number of phosphoric acid groups is 1. The molecule has 0 aliphatic carbocycles. The van der Waals surface area contributed by atoms with Crippen molar-refractivity contribution in [2.75, 3.05) is 47.5 Å². The van der Waals surface area contributed by atoms with Gasteiger partial charge in [-0.3, -0.25) is 14.2 Å². The van der Waals surface area contributed by atoms with Gasteiger partial charge in [0.15, 0.2) is 6.10 Å². The molecule has 0 rings (SSSR count). The van der Waals surface area contributed by atoms with Crippen molar-refractivity contribution in [3.8, 4) is 0 Å². The molecule has 0 bridgehead atoms. The van der Waals surface area contributed by atoms with Gasteiger partial charge in [-0.1, -0.05) is 344 Å². The SMILES string of the molecule is CC/C=C\C/C=C\C/C=C\C/C=C\C/C=C\C/C=C\CCCCCCCCCCCCCCCCCCCCC(=O)OC(COC(=O)CCCCCCCCCCCCCCCCCCCCCCCCCCC)COP(=O)([O-])OCC[N+](C)(C)C. The van der Waals surface area contributed by atoms with Gasteiger partial charge in [-0.05, 0) is 64.2 Å². The molecule has 2 atom stereocenters. The van der Waals surface area contributed by atoms with E-state index in [2.05, 4.69) is 86.8 Å². The Morgan fingerprint density at radius 2 is 0.663 bits per heavy atom. The van der Waals surface area contributed by atoms with Gasteiger partial charge in [0.1, 0.15) is 19.8 Å². The van der Waals surface area contributed by atoms with E-state index in [-0.39, 0.29) is 32.0 Å². The average molecular weight is 1230 g/mol. The van der Waals surface area contributed by atoms with Gasteiger partial charge in [0.2, 0.25) is 0 Å². The first-order chi connectivity index (χ1) is 42.0. The van der Waals surface area contributed by atoms with Crippen LogP contribution in [-0.2, 0) is 32.7 Å².